The molecule has 84 valence electrons. The van der Waals surface area contributed by atoms with Gasteiger partial charge in [-0.1, -0.05) is 0 Å². The van der Waals surface area contributed by atoms with Gasteiger partial charge >= 0.3 is 0 Å². The van der Waals surface area contributed by atoms with Gasteiger partial charge in [-0.2, -0.15) is 0 Å². The first kappa shape index (κ1) is 12.0. The molecule has 1 unspecified atom stereocenters. The van der Waals surface area contributed by atoms with E-state index < -0.39 is 0 Å². The molecular formula is C11H23NO2. The summed E-state index contributed by atoms with van der Waals surface area (Å²) in [5.74, 6) is 0.797. The predicted molar refractivity (Wildman–Crippen MR) is 57.5 cm³/mol. The molecule has 0 aromatic rings. The third kappa shape index (κ3) is 3.95. The fourth-order valence-electron chi connectivity index (χ4n) is 2.18. The predicted octanol–water partition coefficient (Wildman–Crippen LogP) is 1.43. The number of rotatable bonds is 6. The average Bonchev–Trinajstić information content (AvgIpc) is 2.26. The molecule has 0 aromatic carbocycles. The van der Waals surface area contributed by atoms with Gasteiger partial charge in [0.05, 0.1) is 0 Å². The van der Waals surface area contributed by atoms with Gasteiger partial charge < -0.3 is 14.8 Å². The summed E-state index contributed by atoms with van der Waals surface area (Å²) in [6.07, 6.45) is 4.78. The fourth-order valence-corrected chi connectivity index (χ4v) is 2.18. The second kappa shape index (κ2) is 7.21. The maximum Gasteiger partial charge on any atom is 0.0469 e. The molecule has 1 fully saturated rings. The number of hydrogen-bond acceptors (Lipinski definition) is 3. The summed E-state index contributed by atoms with van der Waals surface area (Å²) in [6.45, 7) is 2.75. The van der Waals surface area contributed by atoms with Crippen LogP contribution >= 0.6 is 0 Å². The van der Waals surface area contributed by atoms with Crippen molar-refractivity contribution in [1.82, 2.24) is 5.32 Å². The zero-order valence-electron chi connectivity index (χ0n) is 9.42. The van der Waals surface area contributed by atoms with Gasteiger partial charge in [0, 0.05) is 33.0 Å². The van der Waals surface area contributed by atoms with Crippen LogP contribution in [0.15, 0.2) is 0 Å². The summed E-state index contributed by atoms with van der Waals surface area (Å²) in [4.78, 5) is 0. The van der Waals surface area contributed by atoms with Crippen molar-refractivity contribution in [3.05, 3.63) is 0 Å². The topological polar surface area (TPSA) is 30.5 Å². The molecule has 1 rings (SSSR count). The smallest absolute Gasteiger partial charge is 0.0469 e. The standard InChI is InChI=1S/C11H23NO2/c1-12-11(4-3-7-13-2)10-5-8-14-9-6-10/h10-12H,3-9H2,1-2H3. The Hall–Kier alpha value is -0.120. The van der Waals surface area contributed by atoms with E-state index in [4.69, 9.17) is 9.47 Å². The van der Waals surface area contributed by atoms with Crippen LogP contribution in [-0.4, -0.2) is 40.0 Å². The fraction of sp³-hybridized carbons (Fsp3) is 1.00. The Morgan fingerprint density at radius 3 is 2.71 bits per heavy atom. The zero-order valence-corrected chi connectivity index (χ0v) is 9.42. The van der Waals surface area contributed by atoms with Crippen LogP contribution in [0, 0.1) is 5.92 Å². The lowest BCUT2D eigenvalue weighted by molar-refractivity contribution is 0.0522. The summed E-state index contributed by atoms with van der Waals surface area (Å²) >= 11 is 0. The van der Waals surface area contributed by atoms with Crippen LogP contribution in [-0.2, 0) is 9.47 Å². The Balaban J connectivity index is 2.21. The Kier molecular flexibility index (Phi) is 6.15. The first-order valence-corrected chi connectivity index (χ1v) is 5.62. The van der Waals surface area contributed by atoms with E-state index in [0.717, 1.165) is 32.2 Å². The molecule has 0 bridgehead atoms. The Morgan fingerprint density at radius 1 is 1.43 bits per heavy atom. The molecule has 0 spiro atoms. The van der Waals surface area contributed by atoms with E-state index in [1.165, 1.54) is 19.3 Å². The lowest BCUT2D eigenvalue weighted by Gasteiger charge is -2.30. The summed E-state index contributed by atoms with van der Waals surface area (Å²) in [6, 6.07) is 0.647. The molecule has 1 N–H and O–H groups in total. The summed E-state index contributed by atoms with van der Waals surface area (Å²) in [5, 5.41) is 3.42. The molecule has 3 nitrogen and oxygen atoms in total. The molecule has 0 aliphatic carbocycles. The van der Waals surface area contributed by atoms with Crippen LogP contribution < -0.4 is 5.32 Å². The quantitative estimate of drug-likeness (QED) is 0.659. The van der Waals surface area contributed by atoms with Gasteiger partial charge in [-0.05, 0) is 38.6 Å². The summed E-state index contributed by atoms with van der Waals surface area (Å²) in [5.41, 5.74) is 0. The average molecular weight is 201 g/mol. The molecule has 1 atom stereocenters. The molecule has 1 aliphatic heterocycles. The van der Waals surface area contributed by atoms with Gasteiger partial charge in [-0.25, -0.2) is 0 Å². The lowest BCUT2D eigenvalue weighted by atomic mass is 9.89. The molecule has 3 heteroatoms. The first-order chi connectivity index (χ1) is 6.88. The zero-order chi connectivity index (χ0) is 10.2. The number of nitrogens with one attached hydrogen (secondary N) is 1. The van der Waals surface area contributed by atoms with E-state index in [-0.39, 0.29) is 0 Å². The van der Waals surface area contributed by atoms with Crippen LogP contribution in [0.5, 0.6) is 0 Å². The van der Waals surface area contributed by atoms with Gasteiger partial charge in [0.1, 0.15) is 0 Å². The third-order valence-corrected chi connectivity index (χ3v) is 3.07. The largest absolute Gasteiger partial charge is 0.385 e. The van der Waals surface area contributed by atoms with Crippen molar-refractivity contribution in [3.63, 3.8) is 0 Å². The van der Waals surface area contributed by atoms with Crippen molar-refractivity contribution in [2.75, 3.05) is 34.0 Å². The lowest BCUT2D eigenvalue weighted by Crippen LogP contribution is -2.37. The maximum atomic E-state index is 5.37. The van der Waals surface area contributed by atoms with E-state index in [1.54, 1.807) is 7.11 Å². The highest BCUT2D eigenvalue weighted by atomic mass is 16.5. The van der Waals surface area contributed by atoms with Crippen molar-refractivity contribution in [1.29, 1.82) is 0 Å². The molecule has 1 aliphatic rings. The van der Waals surface area contributed by atoms with Gasteiger partial charge in [-0.15, -0.1) is 0 Å². The van der Waals surface area contributed by atoms with E-state index in [2.05, 4.69) is 12.4 Å². The molecule has 0 saturated carbocycles. The van der Waals surface area contributed by atoms with Gasteiger partial charge in [-0.3, -0.25) is 0 Å². The minimum absolute atomic E-state index is 0.647. The number of methoxy groups -OCH3 is 1. The van der Waals surface area contributed by atoms with Gasteiger partial charge in [0.2, 0.25) is 0 Å². The summed E-state index contributed by atoms with van der Waals surface area (Å²) < 4.78 is 10.4. The van der Waals surface area contributed by atoms with Crippen molar-refractivity contribution >= 4 is 0 Å². The highest BCUT2D eigenvalue weighted by Crippen LogP contribution is 2.21. The third-order valence-electron chi connectivity index (χ3n) is 3.07. The Morgan fingerprint density at radius 2 is 2.14 bits per heavy atom. The number of hydrogen-bond donors (Lipinski definition) is 1. The van der Waals surface area contributed by atoms with Crippen molar-refractivity contribution in [3.8, 4) is 0 Å². The van der Waals surface area contributed by atoms with Crippen LogP contribution in [0.2, 0.25) is 0 Å². The SMILES string of the molecule is CNC(CCCOC)C1CCOCC1. The molecule has 0 aromatic heterocycles. The second-order valence-corrected chi connectivity index (χ2v) is 3.98. The van der Waals surface area contributed by atoms with E-state index in [9.17, 15) is 0 Å². The molecule has 1 saturated heterocycles. The highest BCUT2D eigenvalue weighted by molar-refractivity contribution is 4.77. The Bertz CT molecular complexity index is 135. The Labute approximate surface area is 87.2 Å². The molecular weight excluding hydrogens is 178 g/mol. The van der Waals surface area contributed by atoms with Crippen LogP contribution in [0.4, 0.5) is 0 Å². The monoisotopic (exact) mass is 201 g/mol. The van der Waals surface area contributed by atoms with Crippen molar-refractivity contribution in [2.24, 2.45) is 5.92 Å². The molecule has 0 amide bonds. The van der Waals surface area contributed by atoms with Crippen LogP contribution in [0.3, 0.4) is 0 Å². The van der Waals surface area contributed by atoms with Gasteiger partial charge in [0.15, 0.2) is 0 Å². The minimum atomic E-state index is 0.647. The van der Waals surface area contributed by atoms with E-state index in [1.807, 2.05) is 0 Å². The highest BCUT2D eigenvalue weighted by Gasteiger charge is 2.21. The summed E-state index contributed by atoms with van der Waals surface area (Å²) in [7, 11) is 3.83. The first-order valence-electron chi connectivity index (χ1n) is 5.62. The van der Waals surface area contributed by atoms with Crippen molar-refractivity contribution in [2.45, 2.75) is 31.7 Å². The molecule has 14 heavy (non-hydrogen) atoms. The second-order valence-electron chi connectivity index (χ2n) is 3.98. The number of ether oxygens (including phenoxy) is 2. The van der Waals surface area contributed by atoms with E-state index >= 15 is 0 Å². The molecule has 0 radical (unpaired) electrons. The van der Waals surface area contributed by atoms with Crippen LogP contribution in [0.1, 0.15) is 25.7 Å². The van der Waals surface area contributed by atoms with Crippen LogP contribution in [0.25, 0.3) is 0 Å². The van der Waals surface area contributed by atoms with E-state index in [0.29, 0.717) is 6.04 Å². The maximum absolute atomic E-state index is 5.37. The van der Waals surface area contributed by atoms with Crippen molar-refractivity contribution < 1.29 is 9.47 Å². The minimum Gasteiger partial charge on any atom is -0.385 e. The molecule has 1 heterocycles. The normalized spacial score (nSPS) is 21.0. The van der Waals surface area contributed by atoms with Gasteiger partial charge in [0.25, 0.3) is 0 Å².